The number of halogens is 1. The van der Waals surface area contributed by atoms with Gasteiger partial charge in [0.25, 0.3) is 0 Å². The first-order valence-corrected chi connectivity index (χ1v) is 8.00. The lowest BCUT2D eigenvalue weighted by Crippen LogP contribution is -2.12. The van der Waals surface area contributed by atoms with E-state index in [-0.39, 0.29) is 36.2 Å². The highest BCUT2D eigenvalue weighted by Crippen LogP contribution is 2.37. The number of aromatic nitrogens is 2. The van der Waals surface area contributed by atoms with Crippen LogP contribution in [-0.2, 0) is 9.59 Å². The van der Waals surface area contributed by atoms with Crippen molar-refractivity contribution in [3.63, 3.8) is 0 Å². The Labute approximate surface area is 149 Å². The smallest absolute Gasteiger partial charge is 0.239 e. The standard InChI is InChI=1S/C19H16FN3O3/c1-12(24)2-7-16(25)22-19-17(13-8-10-21-11-9-13)18(23-26-19)14-3-5-15(20)6-4-14/h3-6,8-11H,2,7H2,1H3,(H,22,25). The number of nitrogens with one attached hydrogen (secondary N) is 1. The Balaban J connectivity index is 1.98. The summed E-state index contributed by atoms with van der Waals surface area (Å²) in [5.74, 6) is -0.610. The average Bonchev–Trinajstić information content (AvgIpc) is 3.05. The van der Waals surface area contributed by atoms with Gasteiger partial charge in [0.05, 0.1) is 5.56 Å². The minimum absolute atomic E-state index is 0.0533. The molecule has 26 heavy (non-hydrogen) atoms. The minimum Gasteiger partial charge on any atom is -0.337 e. The van der Waals surface area contributed by atoms with E-state index in [2.05, 4.69) is 15.5 Å². The zero-order valence-electron chi connectivity index (χ0n) is 14.0. The fourth-order valence-electron chi connectivity index (χ4n) is 2.45. The molecule has 0 aliphatic rings. The number of anilines is 1. The van der Waals surface area contributed by atoms with Gasteiger partial charge >= 0.3 is 0 Å². The number of benzene rings is 1. The number of hydrogen-bond donors (Lipinski definition) is 1. The molecule has 0 saturated heterocycles. The van der Waals surface area contributed by atoms with Gasteiger partial charge in [-0.1, -0.05) is 5.16 Å². The normalized spacial score (nSPS) is 10.5. The summed E-state index contributed by atoms with van der Waals surface area (Å²) in [7, 11) is 0. The van der Waals surface area contributed by atoms with Gasteiger partial charge in [-0.2, -0.15) is 0 Å². The Bertz CT molecular complexity index is 921. The molecule has 0 aliphatic heterocycles. The lowest BCUT2D eigenvalue weighted by molar-refractivity contribution is -0.121. The molecule has 2 heterocycles. The number of ketones is 1. The van der Waals surface area contributed by atoms with Gasteiger partial charge in [-0.3, -0.25) is 15.1 Å². The third kappa shape index (κ3) is 4.00. The van der Waals surface area contributed by atoms with Crippen molar-refractivity contribution < 1.29 is 18.5 Å². The van der Waals surface area contributed by atoms with Crippen LogP contribution in [0, 0.1) is 5.82 Å². The van der Waals surface area contributed by atoms with Crippen molar-refractivity contribution in [3.05, 3.63) is 54.6 Å². The third-order valence-corrected chi connectivity index (χ3v) is 3.74. The zero-order valence-corrected chi connectivity index (χ0v) is 14.0. The molecule has 3 rings (SSSR count). The van der Waals surface area contributed by atoms with Gasteiger partial charge in [0.1, 0.15) is 17.3 Å². The lowest BCUT2D eigenvalue weighted by atomic mass is 10.0. The number of Topliss-reactive ketones (excluding diaryl/α,β-unsaturated/α-hetero) is 1. The van der Waals surface area contributed by atoms with Gasteiger partial charge in [0.2, 0.25) is 11.8 Å². The molecule has 3 aromatic rings. The van der Waals surface area contributed by atoms with E-state index in [9.17, 15) is 14.0 Å². The monoisotopic (exact) mass is 353 g/mol. The molecule has 0 radical (unpaired) electrons. The maximum absolute atomic E-state index is 13.2. The van der Waals surface area contributed by atoms with Crippen molar-refractivity contribution in [2.45, 2.75) is 19.8 Å². The predicted molar refractivity (Wildman–Crippen MR) is 93.7 cm³/mol. The lowest BCUT2D eigenvalue weighted by Gasteiger charge is -2.06. The first kappa shape index (κ1) is 17.5. The minimum atomic E-state index is -0.361. The first-order valence-electron chi connectivity index (χ1n) is 8.00. The molecular formula is C19H16FN3O3. The van der Waals surface area contributed by atoms with Crippen LogP contribution in [0.5, 0.6) is 0 Å². The Morgan fingerprint density at radius 2 is 1.73 bits per heavy atom. The summed E-state index contributed by atoms with van der Waals surface area (Å²) >= 11 is 0. The number of hydrogen-bond acceptors (Lipinski definition) is 5. The van der Waals surface area contributed by atoms with Crippen LogP contribution in [0.3, 0.4) is 0 Å². The van der Waals surface area contributed by atoms with Crippen molar-refractivity contribution >= 4 is 17.6 Å². The average molecular weight is 353 g/mol. The van der Waals surface area contributed by atoms with Gasteiger partial charge in [-0.15, -0.1) is 0 Å². The molecule has 7 heteroatoms. The fraction of sp³-hybridized carbons (Fsp3) is 0.158. The summed E-state index contributed by atoms with van der Waals surface area (Å²) < 4.78 is 18.5. The van der Waals surface area contributed by atoms with E-state index in [1.165, 1.54) is 19.1 Å². The van der Waals surface area contributed by atoms with Gasteiger partial charge in [0.15, 0.2) is 0 Å². The second-order valence-electron chi connectivity index (χ2n) is 5.73. The van der Waals surface area contributed by atoms with E-state index < -0.39 is 0 Å². The third-order valence-electron chi connectivity index (χ3n) is 3.74. The summed E-state index contributed by atoms with van der Waals surface area (Å²) in [5.41, 5.74) is 2.42. The molecule has 6 nitrogen and oxygen atoms in total. The van der Waals surface area contributed by atoms with E-state index in [0.717, 1.165) is 5.56 Å². The highest BCUT2D eigenvalue weighted by atomic mass is 19.1. The Morgan fingerprint density at radius 3 is 2.38 bits per heavy atom. The zero-order chi connectivity index (χ0) is 18.5. The van der Waals surface area contributed by atoms with Crippen molar-refractivity contribution in [1.82, 2.24) is 10.1 Å². The van der Waals surface area contributed by atoms with E-state index in [0.29, 0.717) is 16.8 Å². The van der Waals surface area contributed by atoms with Crippen LogP contribution in [0.1, 0.15) is 19.8 Å². The molecule has 0 fully saturated rings. The van der Waals surface area contributed by atoms with Crippen LogP contribution in [0.2, 0.25) is 0 Å². The van der Waals surface area contributed by atoms with Crippen LogP contribution in [-0.4, -0.2) is 21.8 Å². The summed E-state index contributed by atoms with van der Waals surface area (Å²) in [6.07, 6.45) is 3.42. The fourth-order valence-corrected chi connectivity index (χ4v) is 2.45. The number of pyridine rings is 1. The van der Waals surface area contributed by atoms with Crippen LogP contribution < -0.4 is 5.32 Å². The van der Waals surface area contributed by atoms with E-state index >= 15 is 0 Å². The molecule has 1 amide bonds. The quantitative estimate of drug-likeness (QED) is 0.727. The van der Waals surface area contributed by atoms with Crippen molar-refractivity contribution in [2.24, 2.45) is 0 Å². The number of carbonyl (C=O) groups excluding carboxylic acids is 2. The summed E-state index contributed by atoms with van der Waals surface area (Å²) in [6.45, 7) is 1.43. The van der Waals surface area contributed by atoms with E-state index in [1.54, 1.807) is 36.7 Å². The second kappa shape index (κ2) is 7.69. The van der Waals surface area contributed by atoms with Crippen molar-refractivity contribution in [2.75, 3.05) is 5.32 Å². The first-order chi connectivity index (χ1) is 12.5. The van der Waals surface area contributed by atoms with Crippen molar-refractivity contribution in [3.8, 4) is 22.4 Å². The predicted octanol–water partition coefficient (Wildman–Crippen LogP) is 3.85. The molecule has 1 aromatic carbocycles. The van der Waals surface area contributed by atoms with Crippen LogP contribution >= 0.6 is 0 Å². The molecule has 0 bridgehead atoms. The molecule has 132 valence electrons. The number of nitrogens with zero attached hydrogens (tertiary/aromatic N) is 2. The number of amides is 1. The summed E-state index contributed by atoms with van der Waals surface area (Å²) in [5, 5.41) is 6.69. The summed E-state index contributed by atoms with van der Waals surface area (Å²) in [4.78, 5) is 27.1. The van der Waals surface area contributed by atoms with Crippen LogP contribution in [0.4, 0.5) is 10.3 Å². The Hall–Kier alpha value is -3.35. The second-order valence-corrected chi connectivity index (χ2v) is 5.73. The van der Waals surface area contributed by atoms with Gasteiger partial charge < -0.3 is 9.32 Å². The SMILES string of the molecule is CC(=O)CCC(=O)Nc1onc(-c2ccc(F)cc2)c1-c1ccncc1. The molecule has 0 saturated carbocycles. The van der Waals surface area contributed by atoms with Crippen LogP contribution in [0.25, 0.3) is 22.4 Å². The largest absolute Gasteiger partial charge is 0.337 e. The number of rotatable bonds is 6. The van der Waals surface area contributed by atoms with E-state index in [4.69, 9.17) is 4.52 Å². The topological polar surface area (TPSA) is 85.1 Å². The van der Waals surface area contributed by atoms with Gasteiger partial charge in [0, 0.05) is 30.8 Å². The van der Waals surface area contributed by atoms with Crippen molar-refractivity contribution in [1.29, 1.82) is 0 Å². The molecular weight excluding hydrogens is 337 g/mol. The molecule has 0 unspecified atom stereocenters. The Kier molecular flexibility index (Phi) is 5.17. The maximum atomic E-state index is 13.2. The molecule has 0 aliphatic carbocycles. The molecule has 2 aromatic heterocycles. The molecule has 0 atom stereocenters. The van der Waals surface area contributed by atoms with Gasteiger partial charge in [-0.05, 0) is 48.9 Å². The number of carbonyl (C=O) groups is 2. The van der Waals surface area contributed by atoms with Gasteiger partial charge in [-0.25, -0.2) is 4.39 Å². The van der Waals surface area contributed by atoms with Crippen LogP contribution in [0.15, 0.2) is 53.3 Å². The molecule has 0 spiro atoms. The highest BCUT2D eigenvalue weighted by Gasteiger charge is 2.21. The highest BCUT2D eigenvalue weighted by molar-refractivity contribution is 5.98. The van der Waals surface area contributed by atoms with E-state index in [1.807, 2.05) is 0 Å². The molecule has 1 N–H and O–H groups in total. The summed E-state index contributed by atoms with van der Waals surface area (Å²) in [6, 6.07) is 9.32. The maximum Gasteiger partial charge on any atom is 0.239 e. The Morgan fingerprint density at radius 1 is 1.04 bits per heavy atom.